The molecule has 2 heterocycles. The third-order valence-electron chi connectivity index (χ3n) is 3.74. The minimum absolute atomic E-state index is 0.0130. The summed E-state index contributed by atoms with van der Waals surface area (Å²) >= 11 is 0. The molecule has 0 radical (unpaired) electrons. The Kier molecular flexibility index (Phi) is 4.27. The van der Waals surface area contributed by atoms with Crippen LogP contribution in [0, 0.1) is 5.92 Å². The van der Waals surface area contributed by atoms with Crippen molar-refractivity contribution in [2.75, 3.05) is 13.1 Å². The number of aromatic nitrogens is 1. The van der Waals surface area contributed by atoms with Crippen molar-refractivity contribution in [2.45, 2.75) is 25.8 Å². The molecule has 0 amide bonds. The highest BCUT2D eigenvalue weighted by atomic mass is 16.1. The Morgan fingerprint density at radius 3 is 2.63 bits per heavy atom. The van der Waals surface area contributed by atoms with Gasteiger partial charge in [0.15, 0.2) is 5.78 Å². The molecule has 1 aromatic rings. The highest BCUT2D eigenvalue weighted by Gasteiger charge is 2.27. The highest BCUT2D eigenvalue weighted by molar-refractivity contribution is 5.97. The van der Waals surface area contributed by atoms with Gasteiger partial charge in [0.05, 0.1) is 6.04 Å². The number of carbonyl (C=O) groups excluding carboxylic acids is 2. The molecule has 19 heavy (non-hydrogen) atoms. The van der Waals surface area contributed by atoms with Crippen LogP contribution in [0.5, 0.6) is 0 Å². The average Bonchev–Trinajstić information content (AvgIpc) is 2.46. The second-order valence-corrected chi connectivity index (χ2v) is 4.99. The second kappa shape index (κ2) is 5.93. The number of piperidine rings is 1. The van der Waals surface area contributed by atoms with Gasteiger partial charge < -0.3 is 9.78 Å². The van der Waals surface area contributed by atoms with Crippen molar-refractivity contribution in [3.05, 3.63) is 34.2 Å². The number of rotatable bonds is 4. The van der Waals surface area contributed by atoms with Crippen molar-refractivity contribution in [2.24, 2.45) is 5.92 Å². The molecule has 5 nitrogen and oxygen atoms in total. The van der Waals surface area contributed by atoms with E-state index in [9.17, 15) is 14.4 Å². The zero-order chi connectivity index (χ0) is 13.8. The van der Waals surface area contributed by atoms with Gasteiger partial charge in [0.25, 0.3) is 0 Å². The summed E-state index contributed by atoms with van der Waals surface area (Å²) in [5, 5.41) is 0. The monoisotopic (exact) mass is 262 g/mol. The van der Waals surface area contributed by atoms with E-state index in [0.717, 1.165) is 32.2 Å². The molecule has 0 saturated carbocycles. The van der Waals surface area contributed by atoms with Gasteiger partial charge in [0.2, 0.25) is 5.56 Å². The van der Waals surface area contributed by atoms with Gasteiger partial charge in [-0.1, -0.05) is 0 Å². The molecule has 5 heteroatoms. The van der Waals surface area contributed by atoms with E-state index >= 15 is 0 Å². The third kappa shape index (κ3) is 3.17. The normalized spacial score (nSPS) is 19.0. The van der Waals surface area contributed by atoms with Crippen LogP contribution in [0.2, 0.25) is 0 Å². The third-order valence-corrected chi connectivity index (χ3v) is 3.74. The first-order valence-corrected chi connectivity index (χ1v) is 6.54. The molecule has 1 aromatic heterocycles. The predicted molar refractivity (Wildman–Crippen MR) is 71.2 cm³/mol. The molecule has 1 aliphatic rings. The summed E-state index contributed by atoms with van der Waals surface area (Å²) in [7, 11) is 0. The number of hydrogen-bond acceptors (Lipinski definition) is 4. The van der Waals surface area contributed by atoms with E-state index in [0.29, 0.717) is 5.56 Å². The lowest BCUT2D eigenvalue weighted by molar-refractivity contribution is -0.112. The zero-order valence-electron chi connectivity index (χ0n) is 11.0. The zero-order valence-corrected chi connectivity index (χ0v) is 11.0. The number of ketones is 1. The van der Waals surface area contributed by atoms with Gasteiger partial charge in [-0.25, -0.2) is 0 Å². The molecule has 0 spiro atoms. The smallest absolute Gasteiger partial charge is 0.247 e. The van der Waals surface area contributed by atoms with Crippen LogP contribution in [0.15, 0.2) is 23.1 Å². The van der Waals surface area contributed by atoms with Crippen LogP contribution in [-0.4, -0.2) is 41.1 Å². The summed E-state index contributed by atoms with van der Waals surface area (Å²) < 4.78 is 0. The molecule has 0 bridgehead atoms. The van der Waals surface area contributed by atoms with Crippen molar-refractivity contribution in [1.82, 2.24) is 9.88 Å². The van der Waals surface area contributed by atoms with E-state index in [1.165, 1.54) is 12.3 Å². The van der Waals surface area contributed by atoms with Gasteiger partial charge in [-0.3, -0.25) is 14.5 Å². The fourth-order valence-electron chi connectivity index (χ4n) is 2.45. The largest absolute Gasteiger partial charge is 0.328 e. The molecule has 1 fully saturated rings. The van der Waals surface area contributed by atoms with Crippen LogP contribution in [0.25, 0.3) is 0 Å². The molecule has 102 valence electrons. The van der Waals surface area contributed by atoms with Crippen molar-refractivity contribution in [3.8, 4) is 0 Å². The summed E-state index contributed by atoms with van der Waals surface area (Å²) in [6.45, 7) is 3.40. The highest BCUT2D eigenvalue weighted by Crippen LogP contribution is 2.22. The number of H-pyrrole nitrogens is 1. The molecular formula is C14H18N2O3. The number of carbonyl (C=O) groups is 2. The van der Waals surface area contributed by atoms with Gasteiger partial charge in [-0.05, 0) is 38.9 Å². The van der Waals surface area contributed by atoms with Crippen LogP contribution in [0.1, 0.15) is 30.1 Å². The van der Waals surface area contributed by atoms with E-state index in [1.54, 1.807) is 6.07 Å². The summed E-state index contributed by atoms with van der Waals surface area (Å²) in [4.78, 5) is 38.6. The van der Waals surface area contributed by atoms with Crippen molar-refractivity contribution in [3.63, 3.8) is 0 Å². The number of Topliss-reactive ketones (excluding diaryl/α,β-unsaturated/α-hetero) is 1. The summed E-state index contributed by atoms with van der Waals surface area (Å²) in [5.41, 5.74) is 0.354. The number of hydrogen-bond donors (Lipinski definition) is 1. The van der Waals surface area contributed by atoms with Gasteiger partial charge in [0.1, 0.15) is 6.29 Å². The Labute approximate surface area is 111 Å². The molecule has 2 rings (SSSR count). The van der Waals surface area contributed by atoms with Crippen molar-refractivity contribution >= 4 is 12.1 Å². The number of nitrogens with one attached hydrogen (secondary N) is 1. The Hall–Kier alpha value is -1.75. The lowest BCUT2D eigenvalue weighted by Gasteiger charge is -2.33. The number of pyridine rings is 1. The Morgan fingerprint density at radius 1 is 1.42 bits per heavy atom. The first-order chi connectivity index (χ1) is 9.11. The first kappa shape index (κ1) is 13.7. The molecule has 0 aliphatic carbocycles. The van der Waals surface area contributed by atoms with Crippen LogP contribution >= 0.6 is 0 Å². The number of aldehydes is 1. The van der Waals surface area contributed by atoms with Gasteiger partial charge in [-0.15, -0.1) is 0 Å². The van der Waals surface area contributed by atoms with E-state index in [2.05, 4.69) is 9.88 Å². The molecule has 1 N–H and O–H groups in total. The minimum atomic E-state index is -0.203. The fraction of sp³-hybridized carbons (Fsp3) is 0.500. The maximum absolute atomic E-state index is 12.2. The van der Waals surface area contributed by atoms with Crippen LogP contribution in [-0.2, 0) is 4.79 Å². The molecule has 1 aliphatic heterocycles. The Balaban J connectivity index is 1.97. The lowest BCUT2D eigenvalue weighted by Crippen LogP contribution is -2.42. The number of nitrogens with zero attached hydrogens (tertiary/aromatic N) is 1. The van der Waals surface area contributed by atoms with E-state index in [4.69, 9.17) is 0 Å². The maximum atomic E-state index is 12.2. The molecule has 1 unspecified atom stereocenters. The van der Waals surface area contributed by atoms with E-state index in [-0.39, 0.29) is 23.3 Å². The Morgan fingerprint density at radius 2 is 2.11 bits per heavy atom. The van der Waals surface area contributed by atoms with Gasteiger partial charge in [-0.2, -0.15) is 0 Å². The fourth-order valence-corrected chi connectivity index (χ4v) is 2.45. The topological polar surface area (TPSA) is 70.2 Å². The van der Waals surface area contributed by atoms with Crippen LogP contribution in [0.4, 0.5) is 0 Å². The van der Waals surface area contributed by atoms with Gasteiger partial charge in [0, 0.05) is 23.7 Å². The number of likely N-dealkylation sites (tertiary alicyclic amines) is 1. The van der Waals surface area contributed by atoms with E-state index in [1.807, 2.05) is 6.92 Å². The molecular weight excluding hydrogens is 244 g/mol. The summed E-state index contributed by atoms with van der Waals surface area (Å²) in [5.74, 6) is 0.0654. The molecule has 0 aromatic carbocycles. The first-order valence-electron chi connectivity index (χ1n) is 6.54. The number of aromatic amines is 1. The van der Waals surface area contributed by atoms with Gasteiger partial charge >= 0.3 is 0 Å². The predicted octanol–water partition coefficient (Wildman–Crippen LogP) is 0.857. The summed E-state index contributed by atoms with van der Waals surface area (Å²) in [6, 6.07) is 2.86. The Bertz CT molecular complexity index is 495. The second-order valence-electron chi connectivity index (χ2n) is 4.99. The van der Waals surface area contributed by atoms with E-state index < -0.39 is 0 Å². The van der Waals surface area contributed by atoms with Crippen LogP contribution in [0.3, 0.4) is 0 Å². The van der Waals surface area contributed by atoms with Crippen molar-refractivity contribution < 1.29 is 9.59 Å². The molecule has 1 saturated heterocycles. The maximum Gasteiger partial charge on any atom is 0.247 e. The minimum Gasteiger partial charge on any atom is -0.328 e. The lowest BCUT2D eigenvalue weighted by atomic mass is 9.89. The van der Waals surface area contributed by atoms with Crippen LogP contribution < -0.4 is 5.56 Å². The standard InChI is InChI=1S/C14H18N2O3/c1-10(9-17)16-6-4-11(5-7-16)14(19)12-2-3-13(18)15-8-12/h2-3,8-11H,4-7H2,1H3,(H,15,18). The summed E-state index contributed by atoms with van der Waals surface area (Å²) in [6.07, 6.45) is 3.93. The molecule has 1 atom stereocenters. The SMILES string of the molecule is CC(C=O)N1CCC(C(=O)c2ccc(=O)[nH]c2)CC1. The average molecular weight is 262 g/mol. The van der Waals surface area contributed by atoms with Crippen molar-refractivity contribution in [1.29, 1.82) is 0 Å². The quantitative estimate of drug-likeness (QED) is 0.645.